The van der Waals surface area contributed by atoms with Crippen molar-refractivity contribution >= 4 is 5.71 Å². The number of hydrogen-bond donors (Lipinski definition) is 1. The highest BCUT2D eigenvalue weighted by atomic mass is 16.4. The molecule has 1 saturated carbocycles. The van der Waals surface area contributed by atoms with Crippen LogP contribution in [0.5, 0.6) is 0 Å². The molecule has 1 rings (SSSR count). The fourth-order valence-corrected chi connectivity index (χ4v) is 2.24. The van der Waals surface area contributed by atoms with Gasteiger partial charge in [0.15, 0.2) is 0 Å². The van der Waals surface area contributed by atoms with Crippen molar-refractivity contribution in [2.45, 2.75) is 59.3 Å². The molecule has 1 N–H and O–H groups in total. The van der Waals surface area contributed by atoms with E-state index in [1.54, 1.807) is 0 Å². The van der Waals surface area contributed by atoms with Crippen molar-refractivity contribution in [2.75, 3.05) is 0 Å². The summed E-state index contributed by atoms with van der Waals surface area (Å²) < 4.78 is 0. The highest BCUT2D eigenvalue weighted by Crippen LogP contribution is 2.30. The Labute approximate surface area is 87.4 Å². The Morgan fingerprint density at radius 2 is 1.79 bits per heavy atom. The van der Waals surface area contributed by atoms with Gasteiger partial charge in [0.1, 0.15) is 0 Å². The summed E-state index contributed by atoms with van der Waals surface area (Å²) >= 11 is 0. The molecule has 0 heterocycles. The molecule has 14 heavy (non-hydrogen) atoms. The smallest absolute Gasteiger partial charge is 0.0606 e. The lowest BCUT2D eigenvalue weighted by Crippen LogP contribution is -2.23. The highest BCUT2D eigenvalue weighted by molar-refractivity contribution is 5.86. The van der Waals surface area contributed by atoms with Crippen LogP contribution >= 0.6 is 0 Å². The molecular weight excluding hydrogens is 174 g/mol. The Morgan fingerprint density at radius 3 is 2.21 bits per heavy atom. The van der Waals surface area contributed by atoms with Crippen LogP contribution in [0.3, 0.4) is 0 Å². The Kier molecular flexibility index (Phi) is 3.97. The third-order valence-electron chi connectivity index (χ3n) is 2.92. The summed E-state index contributed by atoms with van der Waals surface area (Å²) in [6, 6.07) is 0. The molecule has 0 amide bonds. The molecule has 0 aromatic heterocycles. The summed E-state index contributed by atoms with van der Waals surface area (Å²) in [6.45, 7) is 6.59. The average Bonchev–Trinajstić information content (AvgIpc) is 2.14. The summed E-state index contributed by atoms with van der Waals surface area (Å²) in [5.74, 6) is 0.549. The minimum Gasteiger partial charge on any atom is -0.411 e. The van der Waals surface area contributed by atoms with E-state index < -0.39 is 0 Å². The van der Waals surface area contributed by atoms with Gasteiger partial charge >= 0.3 is 0 Å². The lowest BCUT2D eigenvalue weighted by Gasteiger charge is -2.26. The van der Waals surface area contributed by atoms with Crippen LogP contribution in [0.1, 0.15) is 59.3 Å². The average molecular weight is 197 g/mol. The minimum atomic E-state index is 0.235. The predicted molar refractivity (Wildman–Crippen MR) is 59.9 cm³/mol. The van der Waals surface area contributed by atoms with Crippen LogP contribution in [0.15, 0.2) is 5.16 Å². The van der Waals surface area contributed by atoms with Crippen LogP contribution in [0.4, 0.5) is 0 Å². The summed E-state index contributed by atoms with van der Waals surface area (Å²) in [6.07, 6.45) is 7.31. The van der Waals surface area contributed by atoms with Crippen molar-refractivity contribution < 1.29 is 5.21 Å². The Hall–Kier alpha value is -0.530. The largest absolute Gasteiger partial charge is 0.411 e. The summed E-state index contributed by atoms with van der Waals surface area (Å²) in [5, 5.41) is 12.5. The second-order valence-corrected chi connectivity index (χ2v) is 5.66. The molecule has 0 spiro atoms. The van der Waals surface area contributed by atoms with E-state index >= 15 is 0 Å². The van der Waals surface area contributed by atoms with Gasteiger partial charge in [-0.1, -0.05) is 45.2 Å². The van der Waals surface area contributed by atoms with E-state index in [1.165, 1.54) is 32.1 Å². The van der Waals surface area contributed by atoms with Gasteiger partial charge < -0.3 is 5.21 Å². The molecule has 0 unspecified atom stereocenters. The van der Waals surface area contributed by atoms with Gasteiger partial charge in [-0.25, -0.2) is 0 Å². The molecule has 0 aliphatic heterocycles. The van der Waals surface area contributed by atoms with Gasteiger partial charge in [-0.05, 0) is 24.7 Å². The first-order valence-electron chi connectivity index (χ1n) is 5.74. The third-order valence-corrected chi connectivity index (χ3v) is 2.92. The normalized spacial score (nSPS) is 21.2. The molecule has 2 heteroatoms. The summed E-state index contributed by atoms with van der Waals surface area (Å²) in [7, 11) is 0. The lowest BCUT2D eigenvalue weighted by atomic mass is 9.79. The number of rotatable bonds is 2. The van der Waals surface area contributed by atoms with E-state index in [4.69, 9.17) is 5.21 Å². The van der Waals surface area contributed by atoms with Crippen molar-refractivity contribution in [3.63, 3.8) is 0 Å². The standard InChI is InChI=1S/C12H23NO/c1-12(2,3)9-11(13-14)10-7-5-4-6-8-10/h10,14H,4-9H2,1-3H3. The molecule has 0 bridgehead atoms. The summed E-state index contributed by atoms with van der Waals surface area (Å²) in [4.78, 5) is 0. The molecule has 1 fully saturated rings. The summed E-state index contributed by atoms with van der Waals surface area (Å²) in [5.41, 5.74) is 1.26. The molecule has 82 valence electrons. The molecule has 1 aliphatic rings. The van der Waals surface area contributed by atoms with E-state index in [0.29, 0.717) is 5.92 Å². The SMILES string of the molecule is CC(C)(C)CC(=NO)C1CCCCC1. The second kappa shape index (κ2) is 4.81. The lowest BCUT2D eigenvalue weighted by molar-refractivity contribution is 0.300. The zero-order valence-corrected chi connectivity index (χ0v) is 9.71. The maximum absolute atomic E-state index is 9.03. The van der Waals surface area contributed by atoms with Gasteiger partial charge in [0.25, 0.3) is 0 Å². The molecule has 0 saturated heterocycles. The monoisotopic (exact) mass is 197 g/mol. The molecular formula is C12H23NO. The minimum absolute atomic E-state index is 0.235. The van der Waals surface area contributed by atoms with Crippen LogP contribution in [-0.4, -0.2) is 10.9 Å². The van der Waals surface area contributed by atoms with Gasteiger partial charge in [-0.15, -0.1) is 0 Å². The fraction of sp³-hybridized carbons (Fsp3) is 0.917. The number of hydrogen-bond acceptors (Lipinski definition) is 2. The molecule has 0 atom stereocenters. The number of nitrogens with zero attached hydrogens (tertiary/aromatic N) is 1. The van der Waals surface area contributed by atoms with Crippen LogP contribution < -0.4 is 0 Å². The quantitative estimate of drug-likeness (QED) is 0.407. The Morgan fingerprint density at radius 1 is 1.21 bits per heavy atom. The topological polar surface area (TPSA) is 32.6 Å². The van der Waals surface area contributed by atoms with Gasteiger partial charge in [-0.2, -0.15) is 0 Å². The highest BCUT2D eigenvalue weighted by Gasteiger charge is 2.24. The maximum Gasteiger partial charge on any atom is 0.0606 e. The zero-order valence-electron chi connectivity index (χ0n) is 9.71. The molecule has 2 nitrogen and oxygen atoms in total. The van der Waals surface area contributed by atoms with Crippen molar-refractivity contribution in [1.82, 2.24) is 0 Å². The van der Waals surface area contributed by atoms with E-state index in [1.807, 2.05) is 0 Å². The van der Waals surface area contributed by atoms with Crippen LogP contribution in [-0.2, 0) is 0 Å². The van der Waals surface area contributed by atoms with Gasteiger partial charge in [0.2, 0.25) is 0 Å². The van der Waals surface area contributed by atoms with Crippen LogP contribution in [0, 0.1) is 11.3 Å². The molecule has 0 aromatic carbocycles. The van der Waals surface area contributed by atoms with E-state index in [2.05, 4.69) is 25.9 Å². The van der Waals surface area contributed by atoms with Gasteiger partial charge in [-0.3, -0.25) is 0 Å². The predicted octanol–water partition coefficient (Wildman–Crippen LogP) is 3.83. The Balaban J connectivity index is 2.53. The first-order valence-corrected chi connectivity index (χ1v) is 5.74. The number of oxime groups is 1. The first-order chi connectivity index (χ1) is 6.53. The van der Waals surface area contributed by atoms with Gasteiger partial charge in [0, 0.05) is 5.92 Å². The van der Waals surface area contributed by atoms with E-state index in [-0.39, 0.29) is 5.41 Å². The third kappa shape index (κ3) is 3.69. The van der Waals surface area contributed by atoms with Crippen molar-refractivity contribution in [2.24, 2.45) is 16.5 Å². The second-order valence-electron chi connectivity index (χ2n) is 5.66. The Bertz CT molecular complexity index is 197. The van der Waals surface area contributed by atoms with Gasteiger partial charge in [0.05, 0.1) is 5.71 Å². The van der Waals surface area contributed by atoms with E-state index in [0.717, 1.165) is 12.1 Å². The molecule has 0 radical (unpaired) electrons. The molecule has 0 aromatic rings. The fourth-order valence-electron chi connectivity index (χ4n) is 2.24. The zero-order chi connectivity index (χ0) is 10.6. The first kappa shape index (κ1) is 11.5. The van der Waals surface area contributed by atoms with Crippen molar-refractivity contribution in [3.8, 4) is 0 Å². The molecule has 1 aliphatic carbocycles. The van der Waals surface area contributed by atoms with E-state index in [9.17, 15) is 0 Å². The van der Waals surface area contributed by atoms with Crippen molar-refractivity contribution in [1.29, 1.82) is 0 Å². The van der Waals surface area contributed by atoms with Crippen LogP contribution in [0.2, 0.25) is 0 Å². The van der Waals surface area contributed by atoms with Crippen molar-refractivity contribution in [3.05, 3.63) is 0 Å². The van der Waals surface area contributed by atoms with Crippen LogP contribution in [0.25, 0.3) is 0 Å². The maximum atomic E-state index is 9.03.